The number of carbonyl (C=O) groups excluding carboxylic acids is 9. The van der Waals surface area contributed by atoms with Crippen LogP contribution in [0.1, 0.15) is 112 Å². The van der Waals surface area contributed by atoms with Crippen molar-refractivity contribution >= 4 is 54.1 Å². The molecular weight excluding hydrogens is 957 g/mol. The minimum Gasteiger partial charge on any atom is -0.508 e. The molecule has 1 heterocycles. The smallest absolute Gasteiger partial charge is 0.328 e. The molecule has 7 amide bonds. The van der Waals surface area contributed by atoms with Crippen molar-refractivity contribution in [1.82, 2.24) is 36.0 Å². The van der Waals surface area contributed by atoms with Crippen molar-refractivity contribution < 1.29 is 63.2 Å². The highest BCUT2D eigenvalue weighted by molar-refractivity contribution is 5.95. The minimum absolute atomic E-state index is 0.0108. The predicted octanol–water partition coefficient (Wildman–Crippen LogP) is 1.96. The highest BCUT2D eigenvalue weighted by Crippen LogP contribution is 2.25. The second-order valence-electron chi connectivity index (χ2n) is 18.3. The van der Waals surface area contributed by atoms with Crippen molar-refractivity contribution in [3.05, 3.63) is 65.7 Å². The second kappa shape index (κ2) is 36.5. The van der Waals surface area contributed by atoms with Crippen LogP contribution in [-0.2, 0) is 60.7 Å². The summed E-state index contributed by atoms with van der Waals surface area (Å²) in [4.78, 5) is 115. The molecule has 74 heavy (non-hydrogen) atoms. The Hall–Kier alpha value is -6.45. The third-order valence-corrected chi connectivity index (χ3v) is 11.7. The van der Waals surface area contributed by atoms with Crippen LogP contribution in [0.25, 0.3) is 0 Å². The Kier molecular flexibility index (Phi) is 33.3. The van der Waals surface area contributed by atoms with E-state index < -0.39 is 90.0 Å². The molecule has 1 fully saturated rings. The monoisotopic (exact) mass is 1040 g/mol. The fraction of sp³-hybridized carbons (Fsp3) is 0.604. The van der Waals surface area contributed by atoms with E-state index in [0.717, 1.165) is 25.1 Å². The first-order chi connectivity index (χ1) is 35.0. The molecule has 1 saturated heterocycles. The van der Waals surface area contributed by atoms with Crippen LogP contribution in [0, 0.1) is 11.8 Å². The number of nitrogens with zero attached hydrogens (tertiary/aromatic N) is 3. The zero-order chi connectivity index (χ0) is 56.7. The Bertz CT molecular complexity index is 2020. The van der Waals surface area contributed by atoms with Crippen molar-refractivity contribution in [3.63, 3.8) is 0 Å². The fourth-order valence-electron chi connectivity index (χ4n) is 7.68. The number of aromatic hydroxyl groups is 1. The number of ether oxygens (including phenoxy) is 1. The zero-order valence-corrected chi connectivity index (χ0v) is 45.5. The van der Waals surface area contributed by atoms with Crippen molar-refractivity contribution in [2.24, 2.45) is 17.6 Å². The predicted molar refractivity (Wildman–Crippen MR) is 280 cm³/mol. The first-order valence-corrected chi connectivity index (χ1v) is 25.4. The van der Waals surface area contributed by atoms with Crippen LogP contribution in [-0.4, -0.2) is 167 Å². The summed E-state index contributed by atoms with van der Waals surface area (Å²) >= 11 is 0. The lowest BCUT2D eigenvalue weighted by Gasteiger charge is -2.42. The summed E-state index contributed by atoms with van der Waals surface area (Å²) in [6.45, 7) is 19.8. The lowest BCUT2D eigenvalue weighted by Crippen LogP contribution is -2.63. The Morgan fingerprint density at radius 1 is 0.892 bits per heavy atom. The summed E-state index contributed by atoms with van der Waals surface area (Å²) in [5.41, 5.74) is 6.15. The molecule has 0 spiro atoms. The van der Waals surface area contributed by atoms with E-state index in [0.29, 0.717) is 31.1 Å². The van der Waals surface area contributed by atoms with Crippen LogP contribution >= 0.6 is 0 Å². The number of nitrogens with two attached hydrogens (primary N) is 1. The summed E-state index contributed by atoms with van der Waals surface area (Å²) in [7, 11) is 3.08. The molecule has 3 rings (SSSR count). The number of carbonyl (C=O) groups is 9. The van der Waals surface area contributed by atoms with Crippen molar-refractivity contribution in [2.75, 3.05) is 33.8 Å². The van der Waals surface area contributed by atoms with E-state index in [1.807, 2.05) is 57.7 Å². The molecule has 9 N–H and O–H groups in total. The number of benzene rings is 2. The van der Waals surface area contributed by atoms with Crippen LogP contribution in [0.3, 0.4) is 0 Å². The molecule has 1 aliphatic rings. The molecule has 2 aromatic carbocycles. The van der Waals surface area contributed by atoms with Crippen LogP contribution in [0.2, 0.25) is 0 Å². The van der Waals surface area contributed by atoms with Gasteiger partial charge in [0.25, 0.3) is 0 Å². The van der Waals surface area contributed by atoms with Crippen molar-refractivity contribution in [2.45, 2.75) is 163 Å². The van der Waals surface area contributed by atoms with Gasteiger partial charge in [-0.2, -0.15) is 0 Å². The number of likely N-dealkylation sites (N-methyl/N-ethyl adjacent to an activating group) is 2. The van der Waals surface area contributed by atoms with Crippen LogP contribution in [0.5, 0.6) is 5.75 Å². The Balaban J connectivity index is 0.00000211. The van der Waals surface area contributed by atoms with Gasteiger partial charge in [-0.15, -0.1) is 0 Å². The number of hydrogen-bond donors (Lipinski definition) is 8. The first kappa shape index (κ1) is 67.5. The van der Waals surface area contributed by atoms with E-state index in [2.05, 4.69) is 28.2 Å². The number of piperidine rings is 1. The average Bonchev–Trinajstić information content (AvgIpc) is 3.36. The highest BCUT2D eigenvalue weighted by Gasteiger charge is 2.44. The number of esters is 1. The number of likely N-dealkylation sites (tertiary alicyclic amines) is 1. The van der Waals surface area contributed by atoms with Gasteiger partial charge in [0.1, 0.15) is 49.0 Å². The van der Waals surface area contributed by atoms with Gasteiger partial charge in [0, 0.05) is 39.9 Å². The van der Waals surface area contributed by atoms with Gasteiger partial charge in [-0.1, -0.05) is 90.9 Å². The molecule has 21 nitrogen and oxygen atoms in total. The number of hydrogen-bond acceptors (Lipinski definition) is 14. The van der Waals surface area contributed by atoms with Crippen molar-refractivity contribution in [3.8, 4) is 5.75 Å². The SMILES string of the molecule is CC.CC(O)C(NC=O)C(N)=O.CCCN(CC)C(C)=O.CNC1CCC(O)N(C(Cc2ccccc2)C(=O)N(C)C(Cc2ccc(O)cc2)C(=O)NC(C(=O)OCCC(=O)NC(C=O)CC(C)C)C(C)C)C1=O. The van der Waals surface area contributed by atoms with Crippen LogP contribution in [0.15, 0.2) is 54.6 Å². The Labute approximate surface area is 437 Å². The molecular formula is C53H86N8O13. The van der Waals surface area contributed by atoms with E-state index in [9.17, 15) is 53.4 Å². The molecule has 416 valence electrons. The number of phenolic OH excluding ortho intramolecular Hbond substituents is 1. The van der Waals surface area contributed by atoms with Gasteiger partial charge in [0.2, 0.25) is 41.9 Å². The third-order valence-electron chi connectivity index (χ3n) is 11.7. The summed E-state index contributed by atoms with van der Waals surface area (Å²) in [5, 5.41) is 40.2. The number of primary amides is 1. The Morgan fingerprint density at radius 2 is 1.49 bits per heavy atom. The molecule has 0 bridgehead atoms. The number of aliphatic hydroxyl groups is 2. The molecule has 8 atom stereocenters. The van der Waals surface area contributed by atoms with Gasteiger partial charge in [0.15, 0.2) is 0 Å². The molecule has 8 unspecified atom stereocenters. The van der Waals surface area contributed by atoms with Gasteiger partial charge in [0.05, 0.1) is 24.6 Å². The average molecular weight is 1040 g/mol. The molecule has 0 radical (unpaired) electrons. The number of nitrogens with one attached hydrogen (secondary N) is 4. The summed E-state index contributed by atoms with van der Waals surface area (Å²) in [5.74, 6) is -3.78. The number of amides is 7. The maximum Gasteiger partial charge on any atom is 0.328 e. The normalized spacial score (nSPS) is 16.3. The largest absolute Gasteiger partial charge is 0.508 e. The number of aliphatic hydroxyl groups excluding tert-OH is 2. The van der Waals surface area contributed by atoms with E-state index in [4.69, 9.17) is 15.6 Å². The number of phenols is 1. The quantitative estimate of drug-likeness (QED) is 0.0494. The second-order valence-corrected chi connectivity index (χ2v) is 18.3. The van der Waals surface area contributed by atoms with Gasteiger partial charge < -0.3 is 66.6 Å². The van der Waals surface area contributed by atoms with Crippen LogP contribution in [0.4, 0.5) is 0 Å². The summed E-state index contributed by atoms with van der Waals surface area (Å²) in [6, 6.07) is 9.41. The maximum absolute atomic E-state index is 14.6. The van der Waals surface area contributed by atoms with Crippen LogP contribution < -0.4 is 27.0 Å². The number of aldehydes is 1. The maximum atomic E-state index is 14.6. The molecule has 0 aliphatic carbocycles. The molecule has 2 aromatic rings. The third kappa shape index (κ3) is 24.1. The topological polar surface area (TPSA) is 307 Å². The Morgan fingerprint density at radius 3 is 1.93 bits per heavy atom. The van der Waals surface area contributed by atoms with E-state index in [1.54, 1.807) is 52.1 Å². The molecule has 0 aromatic heterocycles. The zero-order valence-electron chi connectivity index (χ0n) is 45.5. The number of rotatable bonds is 26. The highest BCUT2D eigenvalue weighted by atomic mass is 16.5. The van der Waals surface area contributed by atoms with Crippen molar-refractivity contribution in [1.29, 1.82) is 0 Å². The summed E-state index contributed by atoms with van der Waals surface area (Å²) in [6.07, 6.45) is 0.806. The fourth-order valence-corrected chi connectivity index (χ4v) is 7.68. The van der Waals surface area contributed by atoms with Gasteiger partial charge in [-0.25, -0.2) is 4.79 Å². The summed E-state index contributed by atoms with van der Waals surface area (Å²) < 4.78 is 5.39. The van der Waals surface area contributed by atoms with E-state index in [-0.39, 0.29) is 49.9 Å². The standard InChI is InChI=1S/C39H55N5O9.C7H15NO.C5H10N2O3.C2H6/c1-24(2)20-28(23-45)41-33(47)18-19-53-39(52)35(25(3)4)42-36(49)31(21-27-12-14-29(46)15-13-27)43(6)38(51)32(22-26-10-8-7-9-11-26)44-34(48)17-16-30(40-5)37(44)50;1-4-6-8(5-2)7(3)9;1-3(9)4(5(6)10)7-2-8;1-2/h7-15,23-25,28,30-32,34-35,40,46,48H,16-22H2,1-6H3,(H,41,47)(H,42,49);4-6H2,1-3H3;2-4,9H,1H3,(H2,6,10)(H,7,8);1-2H3. The lowest BCUT2D eigenvalue weighted by molar-refractivity contribution is -0.164. The molecule has 21 heteroatoms. The molecule has 1 aliphatic heterocycles. The minimum atomic E-state index is -1.23. The van der Waals surface area contributed by atoms with Gasteiger partial charge >= 0.3 is 5.97 Å². The van der Waals surface area contributed by atoms with E-state index in [1.165, 1.54) is 35.9 Å². The van der Waals surface area contributed by atoms with Gasteiger partial charge in [-0.3, -0.25) is 33.6 Å². The lowest BCUT2D eigenvalue weighted by atomic mass is 9.95. The van der Waals surface area contributed by atoms with E-state index >= 15 is 0 Å². The first-order valence-electron chi connectivity index (χ1n) is 25.4. The van der Waals surface area contributed by atoms with Gasteiger partial charge in [-0.05, 0) is 81.7 Å². The molecule has 0 saturated carbocycles.